The lowest BCUT2D eigenvalue weighted by molar-refractivity contribution is -0.114. The number of hydrogen-bond acceptors (Lipinski definition) is 4. The maximum atomic E-state index is 11.3. The van der Waals surface area contributed by atoms with E-state index in [0.717, 1.165) is 55.9 Å². The standard InChI is InChI=1S/C26H24N2O3/c1-16-13-17(2)26-23(28-21-9-7-20(8-10-21)27-18(3)29)15-24(31-25(26)14-16)19-5-11-22(30-4)12-6-19/h5-15H,1-4H3,(H,27,29). The molecule has 3 aromatic carbocycles. The summed E-state index contributed by atoms with van der Waals surface area (Å²) in [5.41, 5.74) is 5.51. The van der Waals surface area contributed by atoms with Crippen LogP contribution in [0, 0.1) is 13.8 Å². The lowest BCUT2D eigenvalue weighted by atomic mass is 10.0. The lowest BCUT2D eigenvalue weighted by Crippen LogP contribution is -2.06. The fourth-order valence-corrected chi connectivity index (χ4v) is 3.63. The molecule has 156 valence electrons. The van der Waals surface area contributed by atoms with Crippen LogP contribution < -0.4 is 15.4 Å². The van der Waals surface area contributed by atoms with Crippen molar-refractivity contribution in [2.24, 2.45) is 4.99 Å². The van der Waals surface area contributed by atoms with Gasteiger partial charge in [0.2, 0.25) is 5.91 Å². The van der Waals surface area contributed by atoms with Crippen LogP contribution in [0.2, 0.25) is 0 Å². The molecule has 0 fully saturated rings. The monoisotopic (exact) mass is 412 g/mol. The second-order valence-electron chi connectivity index (χ2n) is 7.52. The highest BCUT2D eigenvalue weighted by Gasteiger charge is 2.10. The summed E-state index contributed by atoms with van der Waals surface area (Å²) in [7, 11) is 1.65. The third-order valence-electron chi connectivity index (χ3n) is 5.00. The fourth-order valence-electron chi connectivity index (χ4n) is 3.63. The predicted octanol–water partition coefficient (Wildman–Crippen LogP) is 5.92. The van der Waals surface area contributed by atoms with Crippen molar-refractivity contribution in [1.82, 2.24) is 0 Å². The van der Waals surface area contributed by atoms with Crippen LogP contribution in [-0.2, 0) is 4.79 Å². The van der Waals surface area contributed by atoms with E-state index in [9.17, 15) is 4.79 Å². The number of aryl methyl sites for hydroxylation is 2. The van der Waals surface area contributed by atoms with E-state index in [2.05, 4.69) is 25.2 Å². The van der Waals surface area contributed by atoms with Gasteiger partial charge >= 0.3 is 0 Å². The molecule has 0 saturated heterocycles. The van der Waals surface area contributed by atoms with Gasteiger partial charge in [-0.25, -0.2) is 4.99 Å². The average molecular weight is 412 g/mol. The Morgan fingerprint density at radius 3 is 2.32 bits per heavy atom. The maximum absolute atomic E-state index is 11.3. The molecular weight excluding hydrogens is 388 g/mol. The van der Waals surface area contributed by atoms with Gasteiger partial charge in [-0.1, -0.05) is 6.07 Å². The number of carbonyl (C=O) groups excluding carboxylic acids is 1. The summed E-state index contributed by atoms with van der Waals surface area (Å²) in [6.45, 7) is 5.61. The van der Waals surface area contributed by atoms with E-state index < -0.39 is 0 Å². The first-order chi connectivity index (χ1) is 14.9. The summed E-state index contributed by atoms with van der Waals surface area (Å²) in [5.74, 6) is 1.42. The number of carbonyl (C=O) groups is 1. The highest BCUT2D eigenvalue weighted by atomic mass is 16.5. The largest absolute Gasteiger partial charge is 0.497 e. The molecule has 1 amide bonds. The Balaban J connectivity index is 1.89. The molecule has 31 heavy (non-hydrogen) atoms. The van der Waals surface area contributed by atoms with Crippen LogP contribution in [0.25, 0.3) is 22.3 Å². The number of anilines is 1. The minimum atomic E-state index is -0.101. The molecule has 5 nitrogen and oxygen atoms in total. The molecule has 4 aromatic rings. The second-order valence-corrected chi connectivity index (χ2v) is 7.52. The Morgan fingerprint density at radius 2 is 1.68 bits per heavy atom. The van der Waals surface area contributed by atoms with Crippen molar-refractivity contribution in [3.05, 3.63) is 83.2 Å². The third kappa shape index (κ3) is 4.51. The lowest BCUT2D eigenvalue weighted by Gasteiger charge is -2.09. The molecule has 0 unspecified atom stereocenters. The van der Waals surface area contributed by atoms with Crippen LogP contribution in [0.3, 0.4) is 0 Å². The Labute approximate surface area is 181 Å². The molecule has 0 saturated carbocycles. The van der Waals surface area contributed by atoms with Gasteiger partial charge in [0.05, 0.1) is 18.2 Å². The van der Waals surface area contributed by atoms with E-state index in [4.69, 9.17) is 14.1 Å². The highest BCUT2D eigenvalue weighted by Crippen LogP contribution is 2.27. The highest BCUT2D eigenvalue weighted by molar-refractivity contribution is 5.88. The fraction of sp³-hybridized carbons (Fsp3) is 0.154. The van der Waals surface area contributed by atoms with Gasteiger partial charge in [-0.05, 0) is 79.6 Å². The Morgan fingerprint density at radius 1 is 0.968 bits per heavy atom. The number of nitrogens with one attached hydrogen (secondary N) is 1. The number of fused-ring (bicyclic) bond motifs is 1. The number of methoxy groups -OCH3 is 1. The van der Waals surface area contributed by atoms with Gasteiger partial charge in [0.25, 0.3) is 0 Å². The number of ether oxygens (including phenoxy) is 1. The van der Waals surface area contributed by atoms with Crippen LogP contribution in [0.15, 0.2) is 76.1 Å². The minimum Gasteiger partial charge on any atom is -0.497 e. The van der Waals surface area contributed by atoms with Crippen molar-refractivity contribution in [2.45, 2.75) is 20.8 Å². The zero-order valence-electron chi connectivity index (χ0n) is 18.0. The summed E-state index contributed by atoms with van der Waals surface area (Å²) in [4.78, 5) is 16.2. The first-order valence-electron chi connectivity index (χ1n) is 10.0. The predicted molar refractivity (Wildman–Crippen MR) is 124 cm³/mol. The number of nitrogens with zero attached hydrogens (tertiary/aromatic N) is 1. The van der Waals surface area contributed by atoms with Crippen LogP contribution >= 0.6 is 0 Å². The van der Waals surface area contributed by atoms with Crippen LogP contribution in [0.5, 0.6) is 5.75 Å². The quantitative estimate of drug-likeness (QED) is 0.453. The molecule has 1 heterocycles. The van der Waals surface area contributed by atoms with E-state index in [0.29, 0.717) is 0 Å². The van der Waals surface area contributed by atoms with Gasteiger partial charge in [0.1, 0.15) is 17.1 Å². The summed E-state index contributed by atoms with van der Waals surface area (Å²) in [5, 5.41) is 4.59. The molecule has 0 bridgehead atoms. The summed E-state index contributed by atoms with van der Waals surface area (Å²) >= 11 is 0. The molecule has 0 radical (unpaired) electrons. The molecule has 0 aliphatic heterocycles. The molecular formula is C26H24N2O3. The smallest absolute Gasteiger partial charge is 0.221 e. The number of rotatable bonds is 4. The van der Waals surface area contributed by atoms with Crippen LogP contribution in [-0.4, -0.2) is 13.0 Å². The Hall–Kier alpha value is -3.86. The molecule has 1 N–H and O–H groups in total. The first kappa shape index (κ1) is 20.4. The molecule has 0 spiro atoms. The molecule has 0 aliphatic rings. The van der Waals surface area contributed by atoms with Gasteiger partial charge in [0, 0.05) is 29.6 Å². The summed E-state index contributed by atoms with van der Waals surface area (Å²) in [6.07, 6.45) is 0. The maximum Gasteiger partial charge on any atom is 0.221 e. The topological polar surface area (TPSA) is 63.8 Å². The molecule has 5 heteroatoms. The van der Waals surface area contributed by atoms with E-state index >= 15 is 0 Å². The zero-order chi connectivity index (χ0) is 22.0. The Bertz CT molecular complexity index is 1320. The summed E-state index contributed by atoms with van der Waals surface area (Å²) < 4.78 is 11.5. The van der Waals surface area contributed by atoms with E-state index in [1.807, 2.05) is 60.7 Å². The van der Waals surface area contributed by atoms with Gasteiger partial charge < -0.3 is 14.5 Å². The molecule has 0 atom stereocenters. The van der Waals surface area contributed by atoms with Gasteiger partial charge in [-0.2, -0.15) is 0 Å². The molecule has 4 rings (SSSR count). The Kier molecular flexibility index (Phi) is 5.58. The van der Waals surface area contributed by atoms with Gasteiger partial charge in [0.15, 0.2) is 0 Å². The normalized spacial score (nSPS) is 11.5. The van der Waals surface area contributed by atoms with Crippen molar-refractivity contribution in [1.29, 1.82) is 0 Å². The summed E-state index contributed by atoms with van der Waals surface area (Å²) in [6, 6.07) is 21.4. The van der Waals surface area contributed by atoms with Crippen LogP contribution in [0.4, 0.5) is 11.4 Å². The van der Waals surface area contributed by atoms with E-state index in [1.165, 1.54) is 6.92 Å². The van der Waals surface area contributed by atoms with E-state index in [1.54, 1.807) is 7.11 Å². The van der Waals surface area contributed by atoms with Gasteiger partial charge in [-0.3, -0.25) is 4.79 Å². The number of amides is 1. The SMILES string of the molecule is COc1ccc(-c2cc(=Nc3ccc(NC(C)=O)cc3)c3c(C)cc(C)cc3o2)cc1. The van der Waals surface area contributed by atoms with Crippen molar-refractivity contribution in [2.75, 3.05) is 12.4 Å². The van der Waals surface area contributed by atoms with Gasteiger partial charge in [-0.15, -0.1) is 0 Å². The van der Waals surface area contributed by atoms with Crippen molar-refractivity contribution < 1.29 is 13.9 Å². The third-order valence-corrected chi connectivity index (χ3v) is 5.00. The molecule has 1 aromatic heterocycles. The van der Waals surface area contributed by atoms with E-state index in [-0.39, 0.29) is 5.91 Å². The van der Waals surface area contributed by atoms with Crippen molar-refractivity contribution >= 4 is 28.3 Å². The van der Waals surface area contributed by atoms with Crippen molar-refractivity contribution in [3.63, 3.8) is 0 Å². The zero-order valence-corrected chi connectivity index (χ0v) is 18.0. The van der Waals surface area contributed by atoms with Crippen LogP contribution in [0.1, 0.15) is 18.1 Å². The number of hydrogen-bond donors (Lipinski definition) is 1. The second kappa shape index (κ2) is 8.48. The van der Waals surface area contributed by atoms with Crippen molar-refractivity contribution in [3.8, 4) is 17.1 Å². The average Bonchev–Trinajstić information content (AvgIpc) is 2.74. The molecule has 0 aliphatic carbocycles. The minimum absolute atomic E-state index is 0.101. The first-order valence-corrected chi connectivity index (χ1v) is 10.0. The number of benzene rings is 3.